The zero-order valence-electron chi connectivity index (χ0n) is 13.5. The monoisotopic (exact) mass is 323 g/mol. The Labute approximate surface area is 138 Å². The van der Waals surface area contributed by atoms with E-state index in [0.717, 1.165) is 30.9 Å². The Morgan fingerprint density at radius 2 is 2.05 bits per heavy atom. The first kappa shape index (κ1) is 16.9. The molecule has 122 valence electrons. The van der Waals surface area contributed by atoms with E-state index in [1.165, 1.54) is 31.2 Å². The van der Waals surface area contributed by atoms with Gasteiger partial charge in [0.2, 0.25) is 0 Å². The maximum atomic E-state index is 4.52. The standard InChI is InChI=1S/C16H25N5.ClH/c1-3-8-20-12-16(13(2)19-20)17-9-14-10-18-21(11-14)15-6-4-5-7-15;/h10-12,15,17H,3-9H2,1-2H3;1H. The summed E-state index contributed by atoms with van der Waals surface area (Å²) in [6.45, 7) is 6.01. The van der Waals surface area contributed by atoms with E-state index in [-0.39, 0.29) is 12.4 Å². The molecule has 22 heavy (non-hydrogen) atoms. The Hall–Kier alpha value is -1.49. The lowest BCUT2D eigenvalue weighted by atomic mass is 10.2. The van der Waals surface area contributed by atoms with Crippen LogP contribution in [-0.4, -0.2) is 19.6 Å². The molecule has 2 aromatic heterocycles. The minimum atomic E-state index is 0. The molecular weight excluding hydrogens is 298 g/mol. The number of hydrogen-bond acceptors (Lipinski definition) is 3. The van der Waals surface area contributed by atoms with Gasteiger partial charge in [-0.05, 0) is 26.2 Å². The predicted octanol–water partition coefficient (Wildman–Crippen LogP) is 3.95. The predicted molar refractivity (Wildman–Crippen MR) is 91.6 cm³/mol. The average molecular weight is 324 g/mol. The van der Waals surface area contributed by atoms with Gasteiger partial charge in [-0.3, -0.25) is 9.36 Å². The first-order valence-electron chi connectivity index (χ1n) is 8.07. The summed E-state index contributed by atoms with van der Waals surface area (Å²) >= 11 is 0. The van der Waals surface area contributed by atoms with Crippen molar-refractivity contribution in [3.8, 4) is 0 Å². The van der Waals surface area contributed by atoms with Crippen LogP contribution in [0.3, 0.4) is 0 Å². The van der Waals surface area contributed by atoms with Gasteiger partial charge in [-0.25, -0.2) is 0 Å². The Balaban J connectivity index is 0.00000176. The molecule has 0 saturated heterocycles. The summed E-state index contributed by atoms with van der Waals surface area (Å²) < 4.78 is 4.16. The topological polar surface area (TPSA) is 47.7 Å². The normalized spacial score (nSPS) is 15.0. The van der Waals surface area contributed by atoms with Gasteiger partial charge < -0.3 is 5.32 Å². The van der Waals surface area contributed by atoms with Crippen molar-refractivity contribution < 1.29 is 0 Å². The van der Waals surface area contributed by atoms with Crippen LogP contribution in [0.2, 0.25) is 0 Å². The zero-order valence-corrected chi connectivity index (χ0v) is 14.3. The van der Waals surface area contributed by atoms with Gasteiger partial charge in [0.05, 0.1) is 23.6 Å². The van der Waals surface area contributed by atoms with Crippen LogP contribution in [-0.2, 0) is 13.1 Å². The molecule has 0 radical (unpaired) electrons. The Morgan fingerprint density at radius 3 is 2.77 bits per heavy atom. The quantitative estimate of drug-likeness (QED) is 0.875. The molecule has 0 atom stereocenters. The molecular formula is C16H26ClN5. The van der Waals surface area contributed by atoms with Gasteiger partial charge in [-0.1, -0.05) is 19.8 Å². The molecule has 1 aliphatic rings. The molecule has 1 fully saturated rings. The summed E-state index contributed by atoms with van der Waals surface area (Å²) in [5.74, 6) is 0. The number of anilines is 1. The summed E-state index contributed by atoms with van der Waals surface area (Å²) in [5, 5.41) is 12.5. The van der Waals surface area contributed by atoms with Crippen LogP contribution in [0.4, 0.5) is 5.69 Å². The maximum Gasteiger partial charge on any atom is 0.0825 e. The van der Waals surface area contributed by atoms with Gasteiger partial charge in [-0.2, -0.15) is 10.2 Å². The molecule has 1 aliphatic carbocycles. The van der Waals surface area contributed by atoms with Crippen LogP contribution < -0.4 is 5.32 Å². The molecule has 0 bridgehead atoms. The van der Waals surface area contributed by atoms with Crippen molar-refractivity contribution >= 4 is 18.1 Å². The van der Waals surface area contributed by atoms with E-state index in [2.05, 4.69) is 46.4 Å². The molecule has 0 aromatic carbocycles. The average Bonchev–Trinajstić information content (AvgIpc) is 3.17. The third-order valence-corrected chi connectivity index (χ3v) is 4.24. The van der Waals surface area contributed by atoms with E-state index in [1.54, 1.807) is 0 Å². The van der Waals surface area contributed by atoms with Gasteiger partial charge >= 0.3 is 0 Å². The fourth-order valence-corrected chi connectivity index (χ4v) is 3.07. The van der Waals surface area contributed by atoms with Crippen molar-refractivity contribution in [2.75, 3.05) is 5.32 Å². The molecule has 0 spiro atoms. The second-order valence-electron chi connectivity index (χ2n) is 6.01. The van der Waals surface area contributed by atoms with Crippen molar-refractivity contribution in [2.45, 2.75) is 65.1 Å². The summed E-state index contributed by atoms with van der Waals surface area (Å²) in [5.41, 5.74) is 3.42. The van der Waals surface area contributed by atoms with Crippen LogP contribution in [0.15, 0.2) is 18.6 Å². The second kappa shape index (κ2) is 7.68. The summed E-state index contributed by atoms with van der Waals surface area (Å²) in [7, 11) is 0. The number of halogens is 1. The third-order valence-electron chi connectivity index (χ3n) is 4.24. The van der Waals surface area contributed by atoms with E-state index < -0.39 is 0 Å². The van der Waals surface area contributed by atoms with Crippen LogP contribution >= 0.6 is 12.4 Å². The van der Waals surface area contributed by atoms with Gasteiger partial charge in [-0.15, -0.1) is 12.4 Å². The molecule has 0 amide bonds. The van der Waals surface area contributed by atoms with Crippen molar-refractivity contribution in [1.29, 1.82) is 0 Å². The van der Waals surface area contributed by atoms with E-state index in [1.807, 2.05) is 10.9 Å². The molecule has 2 aromatic rings. The van der Waals surface area contributed by atoms with Gasteiger partial charge in [0.15, 0.2) is 0 Å². The van der Waals surface area contributed by atoms with Gasteiger partial charge in [0.1, 0.15) is 0 Å². The molecule has 1 saturated carbocycles. The van der Waals surface area contributed by atoms with Crippen LogP contribution in [0.5, 0.6) is 0 Å². The lowest BCUT2D eigenvalue weighted by molar-refractivity contribution is 0.466. The Bertz CT molecular complexity index is 583. The largest absolute Gasteiger partial charge is 0.378 e. The maximum absolute atomic E-state index is 4.52. The lowest BCUT2D eigenvalue weighted by Crippen LogP contribution is -2.04. The fourth-order valence-electron chi connectivity index (χ4n) is 3.07. The first-order chi connectivity index (χ1) is 10.3. The number of hydrogen-bond donors (Lipinski definition) is 1. The minimum Gasteiger partial charge on any atom is -0.378 e. The molecule has 6 heteroatoms. The Kier molecular flexibility index (Phi) is 5.89. The second-order valence-corrected chi connectivity index (χ2v) is 6.01. The van der Waals surface area contributed by atoms with Crippen molar-refractivity contribution in [3.63, 3.8) is 0 Å². The summed E-state index contributed by atoms with van der Waals surface area (Å²) in [4.78, 5) is 0. The molecule has 0 unspecified atom stereocenters. The van der Waals surface area contributed by atoms with Gasteiger partial charge in [0.25, 0.3) is 0 Å². The number of aromatic nitrogens is 4. The summed E-state index contributed by atoms with van der Waals surface area (Å²) in [6, 6.07) is 0.618. The fraction of sp³-hybridized carbons (Fsp3) is 0.625. The Morgan fingerprint density at radius 1 is 1.27 bits per heavy atom. The summed E-state index contributed by atoms with van der Waals surface area (Å²) in [6.07, 6.45) is 12.6. The lowest BCUT2D eigenvalue weighted by Gasteiger charge is -2.08. The number of aryl methyl sites for hydroxylation is 2. The number of nitrogens with zero attached hydrogens (tertiary/aromatic N) is 4. The molecule has 3 rings (SSSR count). The van der Waals surface area contributed by atoms with Crippen LogP contribution in [0.1, 0.15) is 56.3 Å². The highest BCUT2D eigenvalue weighted by Crippen LogP contribution is 2.28. The SMILES string of the molecule is CCCn1cc(NCc2cnn(C3CCCC3)c2)c(C)n1.Cl. The first-order valence-corrected chi connectivity index (χ1v) is 8.07. The number of rotatable bonds is 6. The third kappa shape index (κ3) is 3.83. The van der Waals surface area contributed by atoms with Crippen LogP contribution in [0.25, 0.3) is 0 Å². The minimum absolute atomic E-state index is 0. The van der Waals surface area contributed by atoms with E-state index in [9.17, 15) is 0 Å². The van der Waals surface area contributed by atoms with Crippen molar-refractivity contribution in [3.05, 3.63) is 29.8 Å². The van der Waals surface area contributed by atoms with Crippen molar-refractivity contribution in [1.82, 2.24) is 19.6 Å². The van der Waals surface area contributed by atoms with Gasteiger partial charge in [0, 0.05) is 31.0 Å². The highest BCUT2D eigenvalue weighted by atomic mass is 35.5. The highest BCUT2D eigenvalue weighted by Gasteiger charge is 2.17. The van der Waals surface area contributed by atoms with E-state index in [0.29, 0.717) is 6.04 Å². The smallest absolute Gasteiger partial charge is 0.0825 e. The molecule has 0 aliphatic heterocycles. The highest BCUT2D eigenvalue weighted by molar-refractivity contribution is 5.85. The molecule has 2 heterocycles. The van der Waals surface area contributed by atoms with E-state index in [4.69, 9.17) is 0 Å². The number of nitrogens with one attached hydrogen (secondary N) is 1. The van der Waals surface area contributed by atoms with Crippen molar-refractivity contribution in [2.24, 2.45) is 0 Å². The zero-order chi connectivity index (χ0) is 14.7. The van der Waals surface area contributed by atoms with E-state index >= 15 is 0 Å². The molecule has 5 nitrogen and oxygen atoms in total. The molecule has 1 N–H and O–H groups in total. The van der Waals surface area contributed by atoms with Crippen LogP contribution in [0, 0.1) is 6.92 Å².